The first-order valence-corrected chi connectivity index (χ1v) is 8.73. The maximum Gasteiger partial charge on any atom is 0.266 e. The number of carbonyl (C=O) groups excluding carboxylic acids is 1. The van der Waals surface area contributed by atoms with Gasteiger partial charge >= 0.3 is 0 Å². The molecule has 1 atom stereocenters. The van der Waals surface area contributed by atoms with E-state index in [0.29, 0.717) is 23.1 Å². The van der Waals surface area contributed by atoms with Crippen LogP contribution in [0.2, 0.25) is 5.02 Å². The zero-order valence-electron chi connectivity index (χ0n) is 14.6. The Hall–Kier alpha value is -3.19. The fourth-order valence-electron chi connectivity index (χ4n) is 3.20. The van der Waals surface area contributed by atoms with Crippen molar-refractivity contribution in [1.29, 1.82) is 0 Å². The monoisotopic (exact) mass is 380 g/mol. The van der Waals surface area contributed by atoms with Gasteiger partial charge in [-0.15, -0.1) is 0 Å². The number of fused-ring (bicyclic) bond motifs is 1. The number of benzene rings is 1. The van der Waals surface area contributed by atoms with Crippen LogP contribution in [-0.4, -0.2) is 39.5 Å². The van der Waals surface area contributed by atoms with E-state index in [-0.39, 0.29) is 0 Å². The van der Waals surface area contributed by atoms with Crippen LogP contribution in [0.1, 0.15) is 12.5 Å². The fourth-order valence-corrected chi connectivity index (χ4v) is 3.33. The van der Waals surface area contributed by atoms with E-state index in [2.05, 4.69) is 15.3 Å². The average molecular weight is 381 g/mol. The first-order valence-electron chi connectivity index (χ1n) is 8.35. The molecular weight excluding hydrogens is 364 g/mol. The van der Waals surface area contributed by atoms with Gasteiger partial charge in [0, 0.05) is 11.2 Å². The second-order valence-corrected chi connectivity index (χ2v) is 6.83. The highest BCUT2D eigenvalue weighted by Gasteiger charge is 2.46. The third-order valence-corrected chi connectivity index (χ3v) is 4.85. The van der Waals surface area contributed by atoms with Crippen molar-refractivity contribution in [3.8, 4) is 0 Å². The number of carbonyl (C=O) groups is 1. The van der Waals surface area contributed by atoms with E-state index in [4.69, 9.17) is 22.3 Å². The number of amidine groups is 1. The molecule has 0 spiro atoms. The highest BCUT2D eigenvalue weighted by atomic mass is 35.5. The molecule has 0 aliphatic carbocycles. The van der Waals surface area contributed by atoms with E-state index < -0.39 is 11.6 Å². The summed E-state index contributed by atoms with van der Waals surface area (Å²) in [6, 6.07) is 11.1. The van der Waals surface area contributed by atoms with Crippen LogP contribution in [0.5, 0.6) is 0 Å². The van der Waals surface area contributed by atoms with Crippen LogP contribution in [0.4, 0.5) is 5.69 Å². The molecule has 2 aliphatic heterocycles. The maximum absolute atomic E-state index is 11.9. The number of halogens is 1. The Morgan fingerprint density at radius 3 is 2.74 bits per heavy atom. The molecule has 27 heavy (non-hydrogen) atoms. The Morgan fingerprint density at radius 1 is 1.30 bits per heavy atom. The summed E-state index contributed by atoms with van der Waals surface area (Å²) in [5, 5.41) is 3.91. The second kappa shape index (κ2) is 6.51. The Balaban J connectivity index is 1.75. The molecule has 0 fully saturated rings. The van der Waals surface area contributed by atoms with Crippen molar-refractivity contribution in [2.45, 2.75) is 12.6 Å². The molecule has 1 unspecified atom stereocenters. The predicted octanol–water partition coefficient (Wildman–Crippen LogP) is 2.41. The van der Waals surface area contributed by atoms with Crippen LogP contribution in [0.15, 0.2) is 70.7 Å². The highest BCUT2D eigenvalue weighted by molar-refractivity contribution is 6.30. The molecule has 2 aliphatic rings. The molecule has 3 heterocycles. The number of hydrogen-bond donors (Lipinski definition) is 2. The molecule has 2 aromatic rings. The second-order valence-electron chi connectivity index (χ2n) is 6.40. The summed E-state index contributed by atoms with van der Waals surface area (Å²) in [4.78, 5) is 27.2. The van der Waals surface area contributed by atoms with Gasteiger partial charge in [-0.3, -0.25) is 14.8 Å². The Morgan fingerprint density at radius 2 is 2.07 bits per heavy atom. The number of aromatic nitrogens is 1. The van der Waals surface area contributed by atoms with Crippen molar-refractivity contribution in [3.63, 3.8) is 0 Å². The molecule has 7 nitrogen and oxygen atoms in total. The van der Waals surface area contributed by atoms with Crippen LogP contribution in [0.3, 0.4) is 0 Å². The number of nitrogens with one attached hydrogen (secondary N) is 1. The van der Waals surface area contributed by atoms with E-state index in [1.807, 2.05) is 48.2 Å². The largest absolute Gasteiger partial charge is 0.364 e. The minimum atomic E-state index is -0.885. The van der Waals surface area contributed by atoms with Gasteiger partial charge in [0.15, 0.2) is 11.5 Å². The quantitative estimate of drug-likeness (QED) is 0.854. The molecule has 1 aromatic carbocycles. The van der Waals surface area contributed by atoms with Gasteiger partial charge in [-0.2, -0.15) is 0 Å². The lowest BCUT2D eigenvalue weighted by molar-refractivity contribution is -0.116. The van der Waals surface area contributed by atoms with Gasteiger partial charge in [0.2, 0.25) is 0 Å². The number of amides is 1. The summed E-state index contributed by atoms with van der Waals surface area (Å²) in [7, 11) is 0. The first-order chi connectivity index (χ1) is 13.0. The molecule has 0 radical (unpaired) electrons. The van der Waals surface area contributed by atoms with Gasteiger partial charge in [0.25, 0.3) is 5.91 Å². The molecule has 0 saturated carbocycles. The minimum Gasteiger partial charge on any atom is -0.364 e. The van der Waals surface area contributed by atoms with Crippen molar-refractivity contribution >= 4 is 34.7 Å². The van der Waals surface area contributed by atoms with Crippen molar-refractivity contribution in [1.82, 2.24) is 9.88 Å². The summed E-state index contributed by atoms with van der Waals surface area (Å²) in [6.07, 6.45) is 4.87. The number of hydrogen-bond acceptors (Lipinski definition) is 6. The van der Waals surface area contributed by atoms with Crippen molar-refractivity contribution < 1.29 is 4.79 Å². The van der Waals surface area contributed by atoms with Crippen LogP contribution in [-0.2, 0) is 4.79 Å². The summed E-state index contributed by atoms with van der Waals surface area (Å²) < 4.78 is 0. The summed E-state index contributed by atoms with van der Waals surface area (Å²) in [5.74, 6) is 0.0439. The minimum absolute atomic E-state index is 0.321. The normalized spacial score (nSPS) is 21.1. The Bertz CT molecular complexity index is 983. The van der Waals surface area contributed by atoms with E-state index in [1.165, 1.54) is 6.20 Å². The standard InChI is InChI=1S/C19H17ClN6O/c1-19-18(24-14-3-2-8-22-9-14)23-10-16(17(21)27)26(19)11-15(25-19)12-4-6-13(20)7-5-12/h2-10H,11H2,1H3,(H2,21,27)(H,23,24). The first kappa shape index (κ1) is 17.2. The number of anilines is 1. The number of nitrogens with two attached hydrogens (primary N) is 1. The number of rotatable bonds is 3. The van der Waals surface area contributed by atoms with Gasteiger partial charge < -0.3 is 16.0 Å². The van der Waals surface area contributed by atoms with Crippen molar-refractivity contribution in [2.75, 3.05) is 11.9 Å². The van der Waals surface area contributed by atoms with Crippen LogP contribution in [0, 0.1) is 0 Å². The molecule has 1 aromatic heterocycles. The summed E-state index contributed by atoms with van der Waals surface area (Å²) in [6.45, 7) is 2.33. The van der Waals surface area contributed by atoms with E-state index in [9.17, 15) is 4.79 Å². The summed E-state index contributed by atoms with van der Waals surface area (Å²) >= 11 is 5.99. The Labute approximate surface area is 161 Å². The van der Waals surface area contributed by atoms with Crippen molar-refractivity contribution in [2.24, 2.45) is 15.7 Å². The summed E-state index contributed by atoms with van der Waals surface area (Å²) in [5.41, 5.74) is 7.54. The molecule has 4 rings (SSSR count). The highest BCUT2D eigenvalue weighted by Crippen LogP contribution is 2.34. The number of primary amides is 1. The molecule has 1 amide bonds. The van der Waals surface area contributed by atoms with Gasteiger partial charge in [-0.1, -0.05) is 23.7 Å². The van der Waals surface area contributed by atoms with Gasteiger partial charge in [-0.25, -0.2) is 4.99 Å². The SMILES string of the molecule is CC12N=C(c3ccc(Cl)cc3)CN1C(C(N)=O)=CN=C2Nc1cccnc1. The third kappa shape index (κ3) is 3.06. The van der Waals surface area contributed by atoms with Crippen LogP contribution in [0.25, 0.3) is 0 Å². The molecular formula is C19H17ClN6O. The number of aliphatic imine (C=N–C) groups is 2. The topological polar surface area (TPSA) is 96.0 Å². The van der Waals surface area contributed by atoms with Crippen molar-refractivity contribution in [3.05, 3.63) is 71.3 Å². The Kier molecular flexibility index (Phi) is 4.16. The predicted molar refractivity (Wildman–Crippen MR) is 106 cm³/mol. The van der Waals surface area contributed by atoms with E-state index in [0.717, 1.165) is 17.0 Å². The fraction of sp³-hybridized carbons (Fsp3) is 0.158. The lowest BCUT2D eigenvalue weighted by Crippen LogP contribution is -2.53. The molecule has 0 bridgehead atoms. The lowest BCUT2D eigenvalue weighted by atomic mass is 10.1. The van der Waals surface area contributed by atoms with Gasteiger partial charge in [-0.05, 0) is 36.8 Å². The molecule has 136 valence electrons. The lowest BCUT2D eigenvalue weighted by Gasteiger charge is -2.38. The van der Waals surface area contributed by atoms with Crippen LogP contribution < -0.4 is 11.1 Å². The van der Waals surface area contributed by atoms with Gasteiger partial charge in [0.05, 0.1) is 30.3 Å². The number of pyridine rings is 1. The molecule has 8 heteroatoms. The van der Waals surface area contributed by atoms with Crippen LogP contribution >= 0.6 is 11.6 Å². The maximum atomic E-state index is 11.9. The third-order valence-electron chi connectivity index (χ3n) is 4.60. The van der Waals surface area contributed by atoms with Gasteiger partial charge in [0.1, 0.15) is 5.70 Å². The smallest absolute Gasteiger partial charge is 0.266 e. The zero-order valence-corrected chi connectivity index (χ0v) is 15.3. The van der Waals surface area contributed by atoms with E-state index >= 15 is 0 Å². The molecule has 0 saturated heterocycles. The number of nitrogens with zero attached hydrogens (tertiary/aromatic N) is 4. The zero-order chi connectivity index (χ0) is 19.0. The molecule has 3 N–H and O–H groups in total. The van der Waals surface area contributed by atoms with E-state index in [1.54, 1.807) is 12.4 Å². The average Bonchev–Trinajstić information content (AvgIpc) is 3.02.